The summed E-state index contributed by atoms with van der Waals surface area (Å²) in [6.45, 7) is 0. The molecule has 0 aromatic carbocycles. The largest absolute Gasteiger partial charge is 0.197 e. The normalized spacial score (nSPS) is 25.5. The fourth-order valence-corrected chi connectivity index (χ4v) is 1.43. The number of nitriles is 1. The Morgan fingerprint density at radius 1 is 1.45 bits per heavy atom. The van der Waals surface area contributed by atoms with Crippen molar-refractivity contribution in [1.29, 1.82) is 5.26 Å². The van der Waals surface area contributed by atoms with Crippen LogP contribution in [0.2, 0.25) is 0 Å². The van der Waals surface area contributed by atoms with Gasteiger partial charge in [0.25, 0.3) is 0 Å². The lowest BCUT2D eigenvalue weighted by Crippen LogP contribution is -2.00. The fraction of sp³-hybridized carbons (Fsp3) is 0.400. The van der Waals surface area contributed by atoms with Gasteiger partial charge in [0.05, 0.1) is 11.5 Å². The number of hydrogen-bond donors (Lipinski definition) is 0. The molecule has 1 fully saturated rings. The zero-order valence-corrected chi connectivity index (χ0v) is 6.38. The molecule has 55 valence electrons. The maximum absolute atomic E-state index is 8.87. The third-order valence-corrected chi connectivity index (χ3v) is 2.38. The Hall–Kier alpha value is -1.03. The fourth-order valence-electron chi connectivity index (χ4n) is 1.43. The molecular weight excluding hydrogens is 134 g/mol. The first-order valence-corrected chi connectivity index (χ1v) is 3.99. The van der Waals surface area contributed by atoms with E-state index in [9.17, 15) is 0 Å². The van der Waals surface area contributed by atoms with Crippen molar-refractivity contribution in [3.8, 4) is 6.07 Å². The van der Waals surface area contributed by atoms with Gasteiger partial charge < -0.3 is 0 Å². The minimum Gasteiger partial charge on any atom is -0.197 e. The van der Waals surface area contributed by atoms with Crippen LogP contribution in [0.5, 0.6) is 0 Å². The monoisotopic (exact) mass is 144 g/mol. The molecule has 0 aromatic heterocycles. The maximum Gasteiger partial charge on any atom is 0.0820 e. The Morgan fingerprint density at radius 2 is 2.27 bits per heavy atom. The van der Waals surface area contributed by atoms with E-state index in [0.717, 1.165) is 19.3 Å². The van der Waals surface area contributed by atoms with E-state index in [1.54, 1.807) is 0 Å². The number of allylic oxidation sites excluding steroid dienone is 4. The molecular formula is C10H10N. The zero-order chi connectivity index (χ0) is 7.73. The molecule has 0 unspecified atom stereocenters. The Kier molecular flexibility index (Phi) is 1.35. The second-order valence-electron chi connectivity index (χ2n) is 3.19. The van der Waals surface area contributed by atoms with Gasteiger partial charge in [-0.1, -0.05) is 18.2 Å². The summed E-state index contributed by atoms with van der Waals surface area (Å²) < 4.78 is 0. The van der Waals surface area contributed by atoms with Gasteiger partial charge in [0.1, 0.15) is 0 Å². The molecule has 0 atom stereocenters. The summed E-state index contributed by atoms with van der Waals surface area (Å²) in [6.07, 6.45) is 11.5. The van der Waals surface area contributed by atoms with Crippen molar-refractivity contribution in [2.45, 2.75) is 19.3 Å². The lowest BCUT2D eigenvalue weighted by molar-refractivity contribution is 0.820. The van der Waals surface area contributed by atoms with Crippen LogP contribution in [0, 0.1) is 23.2 Å². The molecule has 11 heavy (non-hydrogen) atoms. The van der Waals surface area contributed by atoms with Crippen LogP contribution >= 0.6 is 0 Å². The summed E-state index contributed by atoms with van der Waals surface area (Å²) in [7, 11) is 0. The van der Waals surface area contributed by atoms with Crippen LogP contribution in [-0.2, 0) is 0 Å². The van der Waals surface area contributed by atoms with Gasteiger partial charge in [-0.05, 0) is 31.3 Å². The van der Waals surface area contributed by atoms with Crippen molar-refractivity contribution >= 4 is 0 Å². The molecule has 1 radical (unpaired) electrons. The lowest BCUT2D eigenvalue weighted by Gasteiger charge is -2.09. The van der Waals surface area contributed by atoms with E-state index in [4.69, 9.17) is 5.26 Å². The molecule has 0 bridgehead atoms. The summed E-state index contributed by atoms with van der Waals surface area (Å²) >= 11 is 0. The molecule has 2 aliphatic rings. The van der Waals surface area contributed by atoms with Gasteiger partial charge in [0.15, 0.2) is 0 Å². The first-order chi connectivity index (χ1) is 5.37. The van der Waals surface area contributed by atoms with Gasteiger partial charge in [-0.3, -0.25) is 0 Å². The molecule has 0 aromatic rings. The summed E-state index contributed by atoms with van der Waals surface area (Å²) in [4.78, 5) is 0. The molecule has 0 saturated heterocycles. The van der Waals surface area contributed by atoms with E-state index in [0.29, 0.717) is 0 Å². The lowest BCUT2D eigenvalue weighted by atomic mass is 9.93. The SMILES string of the molecule is N#CC1(C2=C[CH]CC=C2)CC1. The highest BCUT2D eigenvalue weighted by Crippen LogP contribution is 2.52. The highest BCUT2D eigenvalue weighted by atomic mass is 14.5. The van der Waals surface area contributed by atoms with Crippen molar-refractivity contribution in [2.24, 2.45) is 5.41 Å². The van der Waals surface area contributed by atoms with Crippen LogP contribution in [0.4, 0.5) is 0 Å². The summed E-state index contributed by atoms with van der Waals surface area (Å²) in [5, 5.41) is 8.87. The Morgan fingerprint density at radius 3 is 2.73 bits per heavy atom. The number of hydrogen-bond acceptors (Lipinski definition) is 1. The molecule has 2 aliphatic carbocycles. The topological polar surface area (TPSA) is 23.8 Å². The molecule has 0 amide bonds. The maximum atomic E-state index is 8.87. The van der Waals surface area contributed by atoms with E-state index >= 15 is 0 Å². The van der Waals surface area contributed by atoms with Crippen LogP contribution in [0.15, 0.2) is 23.8 Å². The van der Waals surface area contributed by atoms with Crippen LogP contribution in [0.1, 0.15) is 19.3 Å². The third kappa shape index (κ3) is 0.991. The Balaban J connectivity index is 2.23. The predicted molar refractivity (Wildman–Crippen MR) is 43.4 cm³/mol. The van der Waals surface area contributed by atoms with Crippen LogP contribution < -0.4 is 0 Å². The molecule has 0 heterocycles. The van der Waals surface area contributed by atoms with Gasteiger partial charge in [-0.25, -0.2) is 0 Å². The Bertz CT molecular complexity index is 261. The van der Waals surface area contributed by atoms with Gasteiger partial charge in [-0.2, -0.15) is 5.26 Å². The smallest absolute Gasteiger partial charge is 0.0820 e. The average Bonchev–Trinajstić information content (AvgIpc) is 2.86. The zero-order valence-electron chi connectivity index (χ0n) is 6.38. The van der Waals surface area contributed by atoms with Crippen molar-refractivity contribution in [3.05, 3.63) is 30.2 Å². The number of nitrogens with zero attached hydrogens (tertiary/aromatic N) is 1. The minimum absolute atomic E-state index is 0.0899. The van der Waals surface area contributed by atoms with E-state index in [1.807, 2.05) is 0 Å². The second kappa shape index (κ2) is 2.23. The van der Waals surface area contributed by atoms with E-state index < -0.39 is 0 Å². The van der Waals surface area contributed by atoms with E-state index in [-0.39, 0.29) is 5.41 Å². The van der Waals surface area contributed by atoms with Crippen molar-refractivity contribution in [2.75, 3.05) is 0 Å². The molecule has 2 rings (SSSR count). The molecule has 0 spiro atoms. The number of rotatable bonds is 1. The van der Waals surface area contributed by atoms with Crippen molar-refractivity contribution in [1.82, 2.24) is 0 Å². The highest BCUT2D eigenvalue weighted by Gasteiger charge is 2.45. The van der Waals surface area contributed by atoms with Crippen molar-refractivity contribution < 1.29 is 0 Å². The van der Waals surface area contributed by atoms with E-state index in [1.165, 1.54) is 5.57 Å². The minimum atomic E-state index is -0.0899. The van der Waals surface area contributed by atoms with Gasteiger partial charge in [0.2, 0.25) is 0 Å². The van der Waals surface area contributed by atoms with Gasteiger partial charge >= 0.3 is 0 Å². The first kappa shape index (κ1) is 6.67. The second-order valence-corrected chi connectivity index (χ2v) is 3.19. The molecule has 0 N–H and O–H groups in total. The summed E-state index contributed by atoms with van der Waals surface area (Å²) in [5.74, 6) is 0. The quantitative estimate of drug-likeness (QED) is 0.554. The highest BCUT2D eigenvalue weighted by molar-refractivity contribution is 5.42. The standard InChI is InChI=1S/C10H10N/c11-8-10(6-7-10)9-4-2-1-3-5-9/h2-5H,1,6-7H2. The van der Waals surface area contributed by atoms with Crippen LogP contribution in [0.25, 0.3) is 0 Å². The third-order valence-electron chi connectivity index (χ3n) is 2.38. The molecule has 1 heteroatoms. The van der Waals surface area contributed by atoms with Gasteiger partial charge in [0, 0.05) is 0 Å². The molecule has 1 nitrogen and oxygen atoms in total. The average molecular weight is 144 g/mol. The molecule has 1 saturated carbocycles. The molecule has 0 aliphatic heterocycles. The summed E-state index contributed by atoms with van der Waals surface area (Å²) in [6, 6.07) is 2.38. The van der Waals surface area contributed by atoms with E-state index in [2.05, 4.69) is 30.7 Å². The predicted octanol–water partition coefficient (Wildman–Crippen LogP) is 2.38. The Labute approximate surface area is 67.0 Å². The van der Waals surface area contributed by atoms with Crippen molar-refractivity contribution in [3.63, 3.8) is 0 Å². The summed E-state index contributed by atoms with van der Waals surface area (Å²) in [5.41, 5.74) is 1.12. The van der Waals surface area contributed by atoms with Crippen LogP contribution in [0.3, 0.4) is 0 Å². The first-order valence-electron chi connectivity index (χ1n) is 3.99. The van der Waals surface area contributed by atoms with Gasteiger partial charge in [-0.15, -0.1) is 0 Å². The van der Waals surface area contributed by atoms with Crippen LogP contribution in [-0.4, -0.2) is 0 Å².